The molecule has 2 nitrogen and oxygen atoms in total. The Bertz CT molecular complexity index is 323. The second-order valence-electron chi connectivity index (χ2n) is 2.97. The normalized spacial score (nSPS) is 10.8. The second-order valence-corrected chi connectivity index (χ2v) is 3.77. The van der Waals surface area contributed by atoms with Crippen LogP contribution in [0.1, 0.15) is 17.5 Å². The first-order valence-electron chi connectivity index (χ1n) is 4.51. The summed E-state index contributed by atoms with van der Waals surface area (Å²) in [7, 11) is 1.63. The van der Waals surface area contributed by atoms with Crippen LogP contribution in [0, 0.1) is 6.92 Å². The molecular formula is C11H14BrNO. The van der Waals surface area contributed by atoms with Crippen LogP contribution in [0.5, 0.6) is 5.88 Å². The quantitative estimate of drug-likeness (QED) is 0.772. The summed E-state index contributed by atoms with van der Waals surface area (Å²) in [5, 5.41) is 0.992. The highest BCUT2D eigenvalue weighted by Crippen LogP contribution is 2.15. The van der Waals surface area contributed by atoms with Crippen molar-refractivity contribution in [3.63, 3.8) is 0 Å². The van der Waals surface area contributed by atoms with Crippen LogP contribution >= 0.6 is 15.9 Å². The lowest BCUT2D eigenvalue weighted by Crippen LogP contribution is -1.91. The van der Waals surface area contributed by atoms with Gasteiger partial charge in [0.2, 0.25) is 5.88 Å². The molecule has 1 aromatic heterocycles. The zero-order valence-corrected chi connectivity index (χ0v) is 10.0. The van der Waals surface area contributed by atoms with Crippen LogP contribution in [0.15, 0.2) is 18.3 Å². The number of aryl methyl sites for hydroxylation is 1. The maximum absolute atomic E-state index is 5.08. The fourth-order valence-corrected chi connectivity index (χ4v) is 1.44. The molecule has 0 amide bonds. The first-order valence-corrected chi connectivity index (χ1v) is 5.63. The maximum Gasteiger partial charge on any atom is 0.215 e. The van der Waals surface area contributed by atoms with Crippen LogP contribution in [0.3, 0.4) is 0 Å². The Labute approximate surface area is 93.1 Å². The standard InChI is InChI=1S/C11H14BrNO/c1-9-7-10(5-3-4-6-12)8-13-11(9)14-2/h3,5,7-8H,4,6H2,1-2H3. The van der Waals surface area contributed by atoms with Gasteiger partial charge in [0.15, 0.2) is 0 Å². The second kappa shape index (κ2) is 5.81. The number of ether oxygens (including phenoxy) is 1. The summed E-state index contributed by atoms with van der Waals surface area (Å²) < 4.78 is 5.08. The molecule has 0 aliphatic heterocycles. The van der Waals surface area contributed by atoms with Gasteiger partial charge in [0.25, 0.3) is 0 Å². The molecule has 0 N–H and O–H groups in total. The Morgan fingerprint density at radius 3 is 2.93 bits per heavy atom. The number of halogens is 1. The minimum Gasteiger partial charge on any atom is -0.481 e. The van der Waals surface area contributed by atoms with Crippen molar-refractivity contribution in [2.24, 2.45) is 0 Å². The summed E-state index contributed by atoms with van der Waals surface area (Å²) in [5.41, 5.74) is 2.18. The maximum atomic E-state index is 5.08. The van der Waals surface area contributed by atoms with Crippen LogP contribution in [0.2, 0.25) is 0 Å². The van der Waals surface area contributed by atoms with Gasteiger partial charge in [-0.05, 0) is 25.0 Å². The van der Waals surface area contributed by atoms with Crippen LogP contribution in [-0.4, -0.2) is 17.4 Å². The van der Waals surface area contributed by atoms with Gasteiger partial charge in [-0.15, -0.1) is 0 Å². The number of rotatable bonds is 4. The molecular weight excluding hydrogens is 242 g/mol. The van der Waals surface area contributed by atoms with Crippen molar-refractivity contribution in [3.05, 3.63) is 29.5 Å². The van der Waals surface area contributed by atoms with Gasteiger partial charge in [0.05, 0.1) is 7.11 Å². The number of aromatic nitrogens is 1. The van der Waals surface area contributed by atoms with E-state index in [0.717, 1.165) is 22.9 Å². The third-order valence-electron chi connectivity index (χ3n) is 1.83. The molecule has 0 atom stereocenters. The van der Waals surface area contributed by atoms with Crippen molar-refractivity contribution in [1.82, 2.24) is 4.98 Å². The SMILES string of the molecule is COc1ncc(C=CCCBr)cc1C. The predicted molar refractivity (Wildman–Crippen MR) is 63.0 cm³/mol. The number of hydrogen-bond acceptors (Lipinski definition) is 2. The fourth-order valence-electron chi connectivity index (χ4n) is 1.17. The number of alkyl halides is 1. The lowest BCUT2D eigenvalue weighted by atomic mass is 10.2. The van der Waals surface area contributed by atoms with Crippen molar-refractivity contribution in [3.8, 4) is 5.88 Å². The van der Waals surface area contributed by atoms with Gasteiger partial charge >= 0.3 is 0 Å². The summed E-state index contributed by atoms with van der Waals surface area (Å²) in [6, 6.07) is 2.07. The molecule has 3 heteroatoms. The Hall–Kier alpha value is -0.830. The molecule has 76 valence electrons. The molecule has 1 aromatic rings. The van der Waals surface area contributed by atoms with Gasteiger partial charge in [-0.25, -0.2) is 4.98 Å². The lowest BCUT2D eigenvalue weighted by molar-refractivity contribution is 0.394. The Morgan fingerprint density at radius 2 is 2.36 bits per heavy atom. The Kier molecular flexibility index (Phi) is 4.66. The van der Waals surface area contributed by atoms with Crippen molar-refractivity contribution in [2.45, 2.75) is 13.3 Å². The van der Waals surface area contributed by atoms with Crippen molar-refractivity contribution in [1.29, 1.82) is 0 Å². The number of nitrogens with zero attached hydrogens (tertiary/aromatic N) is 1. The molecule has 0 spiro atoms. The largest absolute Gasteiger partial charge is 0.481 e. The molecule has 0 bridgehead atoms. The fraction of sp³-hybridized carbons (Fsp3) is 0.364. The summed E-state index contributed by atoms with van der Waals surface area (Å²) in [4.78, 5) is 4.19. The van der Waals surface area contributed by atoms with Crippen molar-refractivity contribution < 1.29 is 4.74 Å². The summed E-state index contributed by atoms with van der Waals surface area (Å²) >= 11 is 3.37. The Balaban J connectivity index is 2.76. The third-order valence-corrected chi connectivity index (χ3v) is 2.29. The van der Waals surface area contributed by atoms with Gasteiger partial charge in [-0.2, -0.15) is 0 Å². The first-order chi connectivity index (χ1) is 6.77. The van der Waals surface area contributed by atoms with Crippen LogP contribution in [0.4, 0.5) is 0 Å². The minimum absolute atomic E-state index is 0.697. The van der Waals surface area contributed by atoms with Gasteiger partial charge < -0.3 is 4.74 Å². The van der Waals surface area contributed by atoms with Gasteiger partial charge in [-0.3, -0.25) is 0 Å². The van der Waals surface area contributed by atoms with Gasteiger partial charge in [-0.1, -0.05) is 28.1 Å². The highest BCUT2D eigenvalue weighted by atomic mass is 79.9. The van der Waals surface area contributed by atoms with Crippen molar-refractivity contribution >= 4 is 22.0 Å². The van der Waals surface area contributed by atoms with Crippen LogP contribution < -0.4 is 4.74 Å². The van der Waals surface area contributed by atoms with Gasteiger partial charge in [0.1, 0.15) is 0 Å². The summed E-state index contributed by atoms with van der Waals surface area (Å²) in [5.74, 6) is 0.697. The lowest BCUT2D eigenvalue weighted by Gasteiger charge is -2.02. The van der Waals surface area contributed by atoms with Crippen LogP contribution in [-0.2, 0) is 0 Å². The predicted octanol–water partition coefficient (Wildman–Crippen LogP) is 3.20. The average molecular weight is 256 g/mol. The summed E-state index contributed by atoms with van der Waals surface area (Å²) in [6.07, 6.45) is 7.04. The molecule has 0 saturated heterocycles. The van der Waals surface area contributed by atoms with E-state index >= 15 is 0 Å². The van der Waals surface area contributed by atoms with Gasteiger partial charge in [0, 0.05) is 17.1 Å². The Morgan fingerprint density at radius 1 is 1.57 bits per heavy atom. The van der Waals surface area contributed by atoms with E-state index < -0.39 is 0 Å². The first kappa shape index (κ1) is 11.2. The van der Waals surface area contributed by atoms with E-state index in [1.165, 1.54) is 0 Å². The van der Waals surface area contributed by atoms with E-state index in [2.05, 4.69) is 39.1 Å². The smallest absolute Gasteiger partial charge is 0.215 e. The third kappa shape index (κ3) is 3.14. The van der Waals surface area contributed by atoms with E-state index in [9.17, 15) is 0 Å². The minimum atomic E-state index is 0.697. The number of hydrogen-bond donors (Lipinski definition) is 0. The summed E-state index contributed by atoms with van der Waals surface area (Å²) in [6.45, 7) is 1.99. The van der Waals surface area contributed by atoms with E-state index in [1.807, 2.05) is 13.1 Å². The van der Waals surface area contributed by atoms with Crippen molar-refractivity contribution in [2.75, 3.05) is 12.4 Å². The molecule has 0 saturated carbocycles. The number of pyridine rings is 1. The topological polar surface area (TPSA) is 22.1 Å². The highest BCUT2D eigenvalue weighted by Gasteiger charge is 1.98. The molecule has 14 heavy (non-hydrogen) atoms. The molecule has 0 aliphatic rings. The van der Waals surface area contributed by atoms with E-state index in [0.29, 0.717) is 5.88 Å². The molecule has 0 fully saturated rings. The number of methoxy groups -OCH3 is 1. The van der Waals surface area contributed by atoms with E-state index in [-0.39, 0.29) is 0 Å². The molecule has 0 aliphatic carbocycles. The van der Waals surface area contributed by atoms with Crippen LogP contribution in [0.25, 0.3) is 6.08 Å². The zero-order chi connectivity index (χ0) is 10.4. The van der Waals surface area contributed by atoms with E-state index in [1.54, 1.807) is 7.11 Å². The number of allylic oxidation sites excluding steroid dienone is 1. The molecule has 1 rings (SSSR count). The molecule has 0 unspecified atom stereocenters. The molecule has 0 aromatic carbocycles. The van der Waals surface area contributed by atoms with E-state index in [4.69, 9.17) is 4.74 Å². The molecule has 0 radical (unpaired) electrons. The monoisotopic (exact) mass is 255 g/mol. The molecule has 1 heterocycles. The highest BCUT2D eigenvalue weighted by molar-refractivity contribution is 9.09. The average Bonchev–Trinajstić information content (AvgIpc) is 2.18. The zero-order valence-electron chi connectivity index (χ0n) is 8.46.